The third-order valence-electron chi connectivity index (χ3n) is 7.85. The van der Waals surface area contributed by atoms with Gasteiger partial charge in [-0.25, -0.2) is 9.97 Å². The number of aromatic amines is 1. The maximum atomic E-state index is 5.64. The van der Waals surface area contributed by atoms with Crippen molar-refractivity contribution in [2.75, 3.05) is 70.6 Å². The van der Waals surface area contributed by atoms with Gasteiger partial charge in [-0.1, -0.05) is 26.0 Å². The van der Waals surface area contributed by atoms with Crippen molar-refractivity contribution in [1.82, 2.24) is 39.3 Å². The van der Waals surface area contributed by atoms with Crippen LogP contribution in [0.1, 0.15) is 31.4 Å². The minimum atomic E-state index is 0.219. The van der Waals surface area contributed by atoms with Crippen molar-refractivity contribution in [3.05, 3.63) is 35.9 Å². The van der Waals surface area contributed by atoms with E-state index >= 15 is 0 Å². The zero-order valence-corrected chi connectivity index (χ0v) is 22.1. The van der Waals surface area contributed by atoms with Crippen LogP contribution in [-0.4, -0.2) is 111 Å². The van der Waals surface area contributed by atoms with Crippen LogP contribution in [-0.2, 0) is 16.0 Å². The molecule has 3 fully saturated rings. The van der Waals surface area contributed by atoms with E-state index < -0.39 is 0 Å². The Bertz CT molecular complexity index is 1430. The maximum Gasteiger partial charge on any atom is 0.239 e. The van der Waals surface area contributed by atoms with Crippen molar-refractivity contribution in [2.45, 2.75) is 32.4 Å². The summed E-state index contributed by atoms with van der Waals surface area (Å²) in [6.07, 6.45) is 0. The summed E-state index contributed by atoms with van der Waals surface area (Å²) in [6, 6.07) is 8.81. The molecule has 6 heterocycles. The fraction of sp³-hybridized carbons (Fsp3) is 0.556. The molecule has 0 bridgehead atoms. The first-order valence-corrected chi connectivity index (χ1v) is 13.8. The lowest BCUT2D eigenvalue weighted by Gasteiger charge is -2.46. The number of anilines is 1. The number of likely N-dealkylation sites (tertiary alicyclic amines) is 1. The highest BCUT2D eigenvalue weighted by Crippen LogP contribution is 2.29. The Labute approximate surface area is 221 Å². The molecule has 0 unspecified atom stereocenters. The number of para-hydroxylation sites is 2. The van der Waals surface area contributed by atoms with Gasteiger partial charge in [0.05, 0.1) is 44.0 Å². The molecule has 0 amide bonds. The van der Waals surface area contributed by atoms with Crippen LogP contribution < -0.4 is 4.90 Å². The number of hydrogen-bond donors (Lipinski definition) is 1. The Kier molecular flexibility index (Phi) is 6.23. The van der Waals surface area contributed by atoms with Crippen molar-refractivity contribution >= 4 is 28.0 Å². The SMILES string of the molecule is CC(C)c1nc2ccccc2n1-c1nc(N2CCOCC2)c2nc(CN3CC(N4CCOCC4)C3)[nH]c2n1. The highest BCUT2D eigenvalue weighted by molar-refractivity contribution is 5.85. The number of rotatable bonds is 6. The number of fused-ring (bicyclic) bond motifs is 2. The number of imidazole rings is 2. The highest BCUT2D eigenvalue weighted by atomic mass is 16.5. The molecule has 3 aliphatic rings. The summed E-state index contributed by atoms with van der Waals surface area (Å²) in [5.74, 6) is 3.59. The molecule has 0 aliphatic carbocycles. The number of ether oxygens (including phenoxy) is 2. The van der Waals surface area contributed by atoms with E-state index in [2.05, 4.69) is 44.2 Å². The van der Waals surface area contributed by atoms with Crippen LogP contribution >= 0.6 is 0 Å². The molecule has 3 aromatic heterocycles. The number of morpholine rings is 2. The van der Waals surface area contributed by atoms with Gasteiger partial charge in [0.2, 0.25) is 5.95 Å². The number of hydrogen-bond acceptors (Lipinski definition) is 9. The number of benzene rings is 1. The summed E-state index contributed by atoms with van der Waals surface area (Å²) in [4.78, 5) is 30.9. The summed E-state index contributed by atoms with van der Waals surface area (Å²) in [7, 11) is 0. The van der Waals surface area contributed by atoms with Gasteiger partial charge in [0, 0.05) is 51.2 Å². The van der Waals surface area contributed by atoms with E-state index in [-0.39, 0.29) is 5.92 Å². The topological polar surface area (TPSA) is 100 Å². The average molecular weight is 518 g/mol. The molecule has 3 saturated heterocycles. The summed E-state index contributed by atoms with van der Waals surface area (Å²) >= 11 is 0. The lowest BCUT2D eigenvalue weighted by molar-refractivity contribution is -0.0349. The van der Waals surface area contributed by atoms with Crippen molar-refractivity contribution in [3.63, 3.8) is 0 Å². The third-order valence-corrected chi connectivity index (χ3v) is 7.85. The molecular weight excluding hydrogens is 482 g/mol. The molecule has 0 atom stereocenters. The third kappa shape index (κ3) is 4.33. The van der Waals surface area contributed by atoms with E-state index in [4.69, 9.17) is 29.4 Å². The lowest BCUT2D eigenvalue weighted by atomic mass is 10.1. The maximum absolute atomic E-state index is 5.64. The molecule has 11 heteroatoms. The predicted molar refractivity (Wildman–Crippen MR) is 145 cm³/mol. The zero-order chi connectivity index (χ0) is 25.6. The standard InChI is InChI=1S/C27H35N9O2/c1-18(2)25-28-20-5-3-4-6-21(20)36(25)27-31-24-23(26(32-27)35-9-13-38-14-10-35)29-22(30-24)17-33-15-19(16-33)34-7-11-37-12-8-34/h3-6,18-19H,7-17H2,1-2H3,(H,29,30,31,32). The van der Waals surface area contributed by atoms with E-state index in [0.29, 0.717) is 25.2 Å². The van der Waals surface area contributed by atoms with Crippen molar-refractivity contribution in [3.8, 4) is 5.95 Å². The molecule has 200 valence electrons. The Morgan fingerprint density at radius 1 is 0.921 bits per heavy atom. The summed E-state index contributed by atoms with van der Waals surface area (Å²) in [6.45, 7) is 13.9. The Morgan fingerprint density at radius 2 is 1.66 bits per heavy atom. The number of nitrogens with zero attached hydrogens (tertiary/aromatic N) is 8. The van der Waals surface area contributed by atoms with E-state index in [1.807, 2.05) is 18.2 Å². The number of aromatic nitrogens is 6. The second kappa shape index (κ2) is 9.88. The lowest BCUT2D eigenvalue weighted by Crippen LogP contribution is -2.60. The largest absolute Gasteiger partial charge is 0.379 e. The molecule has 11 nitrogen and oxygen atoms in total. The first kappa shape index (κ1) is 24.0. The normalized spacial score (nSPS) is 20.1. The minimum Gasteiger partial charge on any atom is -0.379 e. The fourth-order valence-corrected chi connectivity index (χ4v) is 5.79. The Hall–Kier alpha value is -3.12. The Morgan fingerprint density at radius 3 is 2.42 bits per heavy atom. The van der Waals surface area contributed by atoms with Gasteiger partial charge >= 0.3 is 0 Å². The zero-order valence-electron chi connectivity index (χ0n) is 22.1. The van der Waals surface area contributed by atoms with Gasteiger partial charge in [-0.05, 0) is 12.1 Å². The van der Waals surface area contributed by atoms with Crippen LogP contribution in [0.3, 0.4) is 0 Å². The van der Waals surface area contributed by atoms with Gasteiger partial charge in [-0.2, -0.15) is 9.97 Å². The minimum absolute atomic E-state index is 0.219. The average Bonchev–Trinajstić information content (AvgIpc) is 3.52. The highest BCUT2D eigenvalue weighted by Gasteiger charge is 2.33. The van der Waals surface area contributed by atoms with E-state index in [1.165, 1.54) is 0 Å². The summed E-state index contributed by atoms with van der Waals surface area (Å²) in [5.41, 5.74) is 3.55. The van der Waals surface area contributed by atoms with Gasteiger partial charge in [-0.3, -0.25) is 14.4 Å². The first-order valence-electron chi connectivity index (χ1n) is 13.8. The van der Waals surface area contributed by atoms with Crippen molar-refractivity contribution < 1.29 is 9.47 Å². The second-order valence-electron chi connectivity index (χ2n) is 10.8. The van der Waals surface area contributed by atoms with Gasteiger partial charge in [0.1, 0.15) is 11.6 Å². The Balaban J connectivity index is 1.24. The number of nitrogens with one attached hydrogen (secondary N) is 1. The number of H-pyrrole nitrogens is 1. The van der Waals surface area contributed by atoms with Gasteiger partial charge in [0.15, 0.2) is 17.0 Å². The van der Waals surface area contributed by atoms with Crippen LogP contribution in [0.2, 0.25) is 0 Å². The molecule has 1 aromatic carbocycles. The van der Waals surface area contributed by atoms with Crippen molar-refractivity contribution in [1.29, 1.82) is 0 Å². The van der Waals surface area contributed by atoms with Crippen LogP contribution in [0.4, 0.5) is 5.82 Å². The molecular formula is C27H35N9O2. The van der Waals surface area contributed by atoms with Gasteiger partial charge < -0.3 is 19.4 Å². The predicted octanol–water partition coefficient (Wildman–Crippen LogP) is 2.17. The summed E-state index contributed by atoms with van der Waals surface area (Å²) < 4.78 is 13.3. The van der Waals surface area contributed by atoms with E-state index in [1.54, 1.807) is 0 Å². The second-order valence-corrected chi connectivity index (χ2v) is 10.8. The summed E-state index contributed by atoms with van der Waals surface area (Å²) in [5, 5.41) is 0. The molecule has 3 aliphatic heterocycles. The van der Waals surface area contributed by atoms with Crippen LogP contribution in [0.5, 0.6) is 0 Å². The van der Waals surface area contributed by atoms with E-state index in [0.717, 1.165) is 98.7 Å². The molecule has 4 aromatic rings. The van der Waals surface area contributed by atoms with Crippen LogP contribution in [0.15, 0.2) is 24.3 Å². The van der Waals surface area contributed by atoms with E-state index in [9.17, 15) is 0 Å². The molecule has 1 N–H and O–H groups in total. The quantitative estimate of drug-likeness (QED) is 0.412. The van der Waals surface area contributed by atoms with Gasteiger partial charge in [0.25, 0.3) is 0 Å². The molecule has 0 spiro atoms. The smallest absolute Gasteiger partial charge is 0.239 e. The molecule has 0 saturated carbocycles. The first-order chi connectivity index (χ1) is 18.6. The van der Waals surface area contributed by atoms with Crippen LogP contribution in [0, 0.1) is 0 Å². The fourth-order valence-electron chi connectivity index (χ4n) is 5.79. The van der Waals surface area contributed by atoms with Crippen LogP contribution in [0.25, 0.3) is 28.1 Å². The molecule has 7 rings (SSSR count). The molecule has 0 radical (unpaired) electrons. The van der Waals surface area contributed by atoms with Crippen molar-refractivity contribution in [2.24, 2.45) is 0 Å². The van der Waals surface area contributed by atoms with Gasteiger partial charge in [-0.15, -0.1) is 0 Å². The monoisotopic (exact) mass is 517 g/mol. The molecule has 38 heavy (non-hydrogen) atoms.